The zero-order valence-electron chi connectivity index (χ0n) is 15.0. The molecule has 1 aromatic heterocycles. The maximum Gasteiger partial charge on any atom is 0.272 e. The minimum absolute atomic E-state index is 0. The summed E-state index contributed by atoms with van der Waals surface area (Å²) < 4.78 is 0. The normalized spacial score (nSPS) is 12.7. The van der Waals surface area contributed by atoms with Crippen molar-refractivity contribution in [1.82, 2.24) is 25.7 Å². The molecule has 0 fully saturated rings. The van der Waals surface area contributed by atoms with Gasteiger partial charge in [0, 0.05) is 57.0 Å². The first-order valence-electron chi connectivity index (χ1n) is 8.42. The second-order valence-corrected chi connectivity index (χ2v) is 6.36. The first-order valence-corrected chi connectivity index (χ1v) is 8.42. The number of H-pyrrole nitrogens is 1. The number of fused-ring (bicyclic) bond motifs is 1. The summed E-state index contributed by atoms with van der Waals surface area (Å²) in [5.41, 5.74) is 4.14. The Morgan fingerprint density at radius 1 is 1.31 bits per heavy atom. The van der Waals surface area contributed by atoms with Crippen LogP contribution in [-0.4, -0.2) is 54.1 Å². The lowest BCUT2D eigenvalue weighted by Gasteiger charge is -2.13. The monoisotopic (exact) mass is 377 g/mol. The second kappa shape index (κ2) is 8.82. The lowest BCUT2D eigenvalue weighted by molar-refractivity contribution is 0.0827. The van der Waals surface area contributed by atoms with Gasteiger partial charge in [0.25, 0.3) is 11.8 Å². The molecule has 0 radical (unpaired) electrons. The van der Waals surface area contributed by atoms with E-state index >= 15 is 0 Å². The molecule has 26 heavy (non-hydrogen) atoms. The zero-order chi connectivity index (χ0) is 17.8. The average Bonchev–Trinajstić information content (AvgIpc) is 3.05. The van der Waals surface area contributed by atoms with Crippen LogP contribution in [0.15, 0.2) is 24.3 Å². The molecule has 8 heteroatoms. The Labute approximate surface area is 159 Å². The highest BCUT2D eigenvalue weighted by Crippen LogP contribution is 2.15. The van der Waals surface area contributed by atoms with Crippen LogP contribution in [-0.2, 0) is 19.4 Å². The molecule has 3 N–H and O–H groups in total. The van der Waals surface area contributed by atoms with Crippen molar-refractivity contribution in [3.8, 4) is 0 Å². The van der Waals surface area contributed by atoms with E-state index in [1.165, 1.54) is 0 Å². The van der Waals surface area contributed by atoms with Crippen molar-refractivity contribution in [2.24, 2.45) is 0 Å². The summed E-state index contributed by atoms with van der Waals surface area (Å²) in [6.45, 7) is 2.06. The van der Waals surface area contributed by atoms with Gasteiger partial charge in [0.2, 0.25) is 0 Å². The number of aromatic amines is 1. The highest BCUT2D eigenvalue weighted by Gasteiger charge is 2.21. The Bertz CT molecular complexity index is 788. The van der Waals surface area contributed by atoms with Crippen LogP contribution in [0.1, 0.15) is 37.7 Å². The third-order valence-electron chi connectivity index (χ3n) is 4.30. The quantitative estimate of drug-likeness (QED) is 0.729. The SMILES string of the molecule is CN(C)C(=O)c1cccc(CCNC(=O)c2n[nH]c3c2CNCC3)c1.Cl. The van der Waals surface area contributed by atoms with Gasteiger partial charge in [0.05, 0.1) is 0 Å². The number of halogens is 1. The fourth-order valence-electron chi connectivity index (χ4n) is 2.94. The van der Waals surface area contributed by atoms with Gasteiger partial charge in [-0.05, 0) is 24.1 Å². The van der Waals surface area contributed by atoms with Crippen molar-refractivity contribution in [1.29, 1.82) is 0 Å². The maximum atomic E-state index is 12.4. The summed E-state index contributed by atoms with van der Waals surface area (Å²) in [6.07, 6.45) is 1.52. The molecule has 2 aromatic rings. The molecular weight excluding hydrogens is 354 g/mol. The number of aromatic nitrogens is 2. The number of rotatable bonds is 5. The topological polar surface area (TPSA) is 90.1 Å². The average molecular weight is 378 g/mol. The predicted octanol–water partition coefficient (Wildman–Crippen LogP) is 1.15. The van der Waals surface area contributed by atoms with Crippen LogP contribution >= 0.6 is 12.4 Å². The van der Waals surface area contributed by atoms with E-state index in [0.29, 0.717) is 30.8 Å². The third kappa shape index (κ3) is 4.42. The summed E-state index contributed by atoms with van der Waals surface area (Å²) in [4.78, 5) is 25.9. The van der Waals surface area contributed by atoms with E-state index in [1.807, 2.05) is 18.2 Å². The van der Waals surface area contributed by atoms with E-state index in [0.717, 1.165) is 29.8 Å². The van der Waals surface area contributed by atoms with Crippen molar-refractivity contribution < 1.29 is 9.59 Å². The van der Waals surface area contributed by atoms with Gasteiger partial charge in [-0.15, -0.1) is 12.4 Å². The summed E-state index contributed by atoms with van der Waals surface area (Å²) in [7, 11) is 3.46. The lowest BCUT2D eigenvalue weighted by atomic mass is 10.1. The molecule has 2 amide bonds. The Balaban J connectivity index is 0.00000243. The number of amides is 2. The Hall–Kier alpha value is -2.38. The molecule has 0 atom stereocenters. The lowest BCUT2D eigenvalue weighted by Crippen LogP contribution is -2.29. The first-order chi connectivity index (χ1) is 12.1. The van der Waals surface area contributed by atoms with Crippen LogP contribution in [0.5, 0.6) is 0 Å². The van der Waals surface area contributed by atoms with Gasteiger partial charge < -0.3 is 15.5 Å². The Kier molecular flexibility index (Phi) is 6.76. The molecule has 140 valence electrons. The molecule has 3 rings (SSSR count). The van der Waals surface area contributed by atoms with Crippen LogP contribution in [0.25, 0.3) is 0 Å². The third-order valence-corrected chi connectivity index (χ3v) is 4.30. The summed E-state index contributed by atoms with van der Waals surface area (Å²) >= 11 is 0. The molecule has 0 saturated carbocycles. The summed E-state index contributed by atoms with van der Waals surface area (Å²) in [5, 5.41) is 13.3. The molecule has 0 bridgehead atoms. The van der Waals surface area contributed by atoms with Crippen molar-refractivity contribution in [3.63, 3.8) is 0 Å². The summed E-state index contributed by atoms with van der Waals surface area (Å²) in [6, 6.07) is 7.49. The molecule has 1 aliphatic rings. The maximum absolute atomic E-state index is 12.4. The highest BCUT2D eigenvalue weighted by atomic mass is 35.5. The smallest absolute Gasteiger partial charge is 0.272 e. The van der Waals surface area contributed by atoms with Crippen molar-refractivity contribution in [2.45, 2.75) is 19.4 Å². The van der Waals surface area contributed by atoms with E-state index in [-0.39, 0.29) is 24.2 Å². The minimum Gasteiger partial charge on any atom is -0.350 e. The largest absolute Gasteiger partial charge is 0.350 e. The minimum atomic E-state index is -0.165. The van der Waals surface area contributed by atoms with E-state index in [2.05, 4.69) is 20.8 Å². The van der Waals surface area contributed by atoms with Gasteiger partial charge in [-0.3, -0.25) is 14.7 Å². The standard InChI is InChI=1S/C18H23N5O2.ClH/c1-23(2)18(25)13-5-3-4-12(10-13)6-9-20-17(24)16-14-11-19-8-7-15(14)21-22-16;/h3-5,10,19H,6-9,11H2,1-2H3,(H,20,24)(H,21,22);1H. The van der Waals surface area contributed by atoms with E-state index < -0.39 is 0 Å². The first kappa shape index (κ1) is 19.9. The molecule has 0 unspecified atom stereocenters. The predicted molar refractivity (Wildman–Crippen MR) is 102 cm³/mol. The van der Waals surface area contributed by atoms with E-state index in [4.69, 9.17) is 0 Å². The number of hydrogen-bond donors (Lipinski definition) is 3. The number of carbonyl (C=O) groups is 2. The van der Waals surface area contributed by atoms with Crippen LogP contribution in [0, 0.1) is 0 Å². The van der Waals surface area contributed by atoms with Gasteiger partial charge in [0.15, 0.2) is 5.69 Å². The van der Waals surface area contributed by atoms with Crippen molar-refractivity contribution in [3.05, 3.63) is 52.3 Å². The van der Waals surface area contributed by atoms with Gasteiger partial charge in [-0.25, -0.2) is 0 Å². The van der Waals surface area contributed by atoms with E-state index in [9.17, 15) is 9.59 Å². The van der Waals surface area contributed by atoms with E-state index in [1.54, 1.807) is 25.1 Å². The molecule has 0 spiro atoms. The molecule has 0 aliphatic carbocycles. The zero-order valence-corrected chi connectivity index (χ0v) is 15.8. The number of hydrogen-bond acceptors (Lipinski definition) is 4. The second-order valence-electron chi connectivity index (χ2n) is 6.36. The number of benzene rings is 1. The Morgan fingerprint density at radius 2 is 2.12 bits per heavy atom. The summed E-state index contributed by atoms with van der Waals surface area (Å²) in [5.74, 6) is -0.191. The van der Waals surface area contributed by atoms with Gasteiger partial charge >= 0.3 is 0 Å². The Morgan fingerprint density at radius 3 is 2.88 bits per heavy atom. The fourth-order valence-corrected chi connectivity index (χ4v) is 2.94. The highest BCUT2D eigenvalue weighted by molar-refractivity contribution is 5.94. The van der Waals surface area contributed by atoms with Crippen molar-refractivity contribution in [2.75, 3.05) is 27.2 Å². The van der Waals surface area contributed by atoms with Crippen LogP contribution in [0.2, 0.25) is 0 Å². The fraction of sp³-hybridized carbons (Fsp3) is 0.389. The van der Waals surface area contributed by atoms with Gasteiger partial charge in [0.1, 0.15) is 0 Å². The number of nitrogens with zero attached hydrogens (tertiary/aromatic N) is 2. The number of nitrogens with one attached hydrogen (secondary N) is 3. The van der Waals surface area contributed by atoms with Crippen LogP contribution in [0.3, 0.4) is 0 Å². The van der Waals surface area contributed by atoms with Gasteiger partial charge in [-0.2, -0.15) is 5.10 Å². The molecule has 2 heterocycles. The van der Waals surface area contributed by atoms with Crippen molar-refractivity contribution >= 4 is 24.2 Å². The number of carbonyl (C=O) groups excluding carboxylic acids is 2. The van der Waals surface area contributed by atoms with Crippen LogP contribution in [0.4, 0.5) is 0 Å². The molecular formula is C18H24ClN5O2. The molecule has 7 nitrogen and oxygen atoms in total. The molecule has 0 saturated heterocycles. The molecule has 1 aromatic carbocycles. The molecule has 1 aliphatic heterocycles. The van der Waals surface area contributed by atoms with Gasteiger partial charge in [-0.1, -0.05) is 12.1 Å². The van der Waals surface area contributed by atoms with Crippen LogP contribution < -0.4 is 10.6 Å².